The second-order valence-corrected chi connectivity index (χ2v) is 8.26. The quantitative estimate of drug-likeness (QED) is 0.189. The molecule has 0 N–H and O–H groups in total. The van der Waals surface area contributed by atoms with Crippen LogP contribution in [0.4, 0.5) is 0 Å². The molecule has 0 fully saturated rings. The molecule has 1 heterocycles. The van der Waals surface area contributed by atoms with E-state index >= 15 is 0 Å². The second-order valence-electron chi connectivity index (χ2n) is 8.26. The van der Waals surface area contributed by atoms with Crippen LogP contribution < -0.4 is 0 Å². The fourth-order valence-corrected chi connectivity index (χ4v) is 3.80. The molecule has 0 radical (unpaired) electrons. The van der Waals surface area contributed by atoms with Gasteiger partial charge < -0.3 is 4.74 Å². The molecule has 0 aromatic rings. The number of ketones is 1. The normalized spacial score (nSPS) is 17.3. The molecule has 1 rings (SSSR count). The highest BCUT2D eigenvalue weighted by molar-refractivity contribution is 5.91. The van der Waals surface area contributed by atoms with E-state index in [1.807, 2.05) is 6.92 Å². The fraction of sp³-hybridized carbons (Fsp3) is 0.800. The largest absolute Gasteiger partial charge is 0.494 e. The van der Waals surface area contributed by atoms with E-state index in [9.17, 15) is 4.79 Å². The molecule has 0 aliphatic carbocycles. The van der Waals surface area contributed by atoms with Gasteiger partial charge in [-0.3, -0.25) is 4.79 Å². The number of carbonyl (C=O) groups is 1. The maximum atomic E-state index is 11.5. The van der Waals surface area contributed by atoms with Crippen molar-refractivity contribution in [1.82, 2.24) is 0 Å². The molecule has 1 aliphatic rings. The lowest BCUT2D eigenvalue weighted by Gasteiger charge is -2.20. The third-order valence-electron chi connectivity index (χ3n) is 5.44. The van der Waals surface area contributed by atoms with E-state index in [1.54, 1.807) is 6.08 Å². The summed E-state index contributed by atoms with van der Waals surface area (Å²) in [6.07, 6.45) is 28.4. The van der Waals surface area contributed by atoms with E-state index in [2.05, 4.69) is 19.1 Å². The first kappa shape index (κ1) is 24.0. The van der Waals surface area contributed by atoms with Crippen LogP contribution in [0.15, 0.2) is 24.0 Å². The van der Waals surface area contributed by atoms with Gasteiger partial charge in [0.25, 0.3) is 0 Å². The van der Waals surface area contributed by atoms with Gasteiger partial charge in [0.05, 0.1) is 5.76 Å². The zero-order chi connectivity index (χ0) is 19.6. The topological polar surface area (TPSA) is 26.3 Å². The van der Waals surface area contributed by atoms with Crippen LogP contribution in [-0.2, 0) is 9.53 Å². The number of unbranched alkanes of at least 4 members (excludes halogenated alkanes) is 14. The number of rotatable bonds is 17. The lowest BCUT2D eigenvalue weighted by molar-refractivity contribution is -0.118. The molecule has 1 unspecified atom stereocenters. The Hall–Kier alpha value is -1.05. The van der Waals surface area contributed by atoms with Crippen LogP contribution in [0.2, 0.25) is 0 Å². The van der Waals surface area contributed by atoms with Crippen LogP contribution in [-0.4, -0.2) is 11.9 Å². The van der Waals surface area contributed by atoms with Crippen molar-refractivity contribution < 1.29 is 9.53 Å². The Morgan fingerprint density at radius 3 is 1.89 bits per heavy atom. The Balaban J connectivity index is 1.79. The first-order valence-electron chi connectivity index (χ1n) is 11.7. The maximum absolute atomic E-state index is 11.5. The minimum Gasteiger partial charge on any atom is -0.494 e. The van der Waals surface area contributed by atoms with Gasteiger partial charge in [0.15, 0.2) is 5.78 Å². The molecule has 27 heavy (non-hydrogen) atoms. The zero-order valence-corrected chi connectivity index (χ0v) is 18.1. The highest BCUT2D eigenvalue weighted by Crippen LogP contribution is 2.17. The molecule has 156 valence electrons. The van der Waals surface area contributed by atoms with Gasteiger partial charge in [-0.15, -0.1) is 0 Å². The van der Waals surface area contributed by atoms with E-state index in [4.69, 9.17) is 4.74 Å². The van der Waals surface area contributed by atoms with Crippen molar-refractivity contribution in [3.05, 3.63) is 24.0 Å². The summed E-state index contributed by atoms with van der Waals surface area (Å²) in [7, 11) is 0. The van der Waals surface area contributed by atoms with Crippen molar-refractivity contribution >= 4 is 5.78 Å². The molecule has 2 nitrogen and oxygen atoms in total. The molecule has 1 atom stereocenters. The number of ether oxygens (including phenoxy) is 1. The van der Waals surface area contributed by atoms with Gasteiger partial charge in [0.1, 0.15) is 6.10 Å². The van der Waals surface area contributed by atoms with Crippen LogP contribution in [0, 0.1) is 0 Å². The van der Waals surface area contributed by atoms with Gasteiger partial charge in [0.2, 0.25) is 0 Å². The van der Waals surface area contributed by atoms with E-state index < -0.39 is 0 Å². The first-order valence-corrected chi connectivity index (χ1v) is 11.7. The van der Waals surface area contributed by atoms with Crippen LogP contribution in [0.5, 0.6) is 0 Å². The van der Waals surface area contributed by atoms with Crippen molar-refractivity contribution in [3.63, 3.8) is 0 Å². The predicted molar refractivity (Wildman–Crippen MR) is 117 cm³/mol. The zero-order valence-electron chi connectivity index (χ0n) is 18.1. The molecule has 0 saturated heterocycles. The van der Waals surface area contributed by atoms with Gasteiger partial charge in [-0.2, -0.15) is 0 Å². The van der Waals surface area contributed by atoms with Gasteiger partial charge in [-0.05, 0) is 19.8 Å². The smallest absolute Gasteiger partial charge is 0.162 e. The standard InChI is InChI=1S/C25H44O2/c1-3-4-5-6-7-8-9-10-11-12-13-14-15-16-17-18-19-20-25-22-24(26)21-23(2)27-25/h18-19,21,25H,3-17,20,22H2,1-2H3/b19-18+. The fourth-order valence-electron chi connectivity index (χ4n) is 3.80. The van der Waals surface area contributed by atoms with Crippen molar-refractivity contribution in [2.75, 3.05) is 0 Å². The molecule has 0 spiro atoms. The van der Waals surface area contributed by atoms with Crippen LogP contribution >= 0.6 is 0 Å². The van der Waals surface area contributed by atoms with Crippen molar-refractivity contribution in [1.29, 1.82) is 0 Å². The SMILES string of the molecule is CCCCCCCCCCCCCCCC/C=C/CC1CC(=O)C=C(C)O1. The van der Waals surface area contributed by atoms with Gasteiger partial charge >= 0.3 is 0 Å². The predicted octanol–water partition coefficient (Wildman–Crippen LogP) is 8.07. The Bertz CT molecular complexity index is 422. The summed E-state index contributed by atoms with van der Waals surface area (Å²) in [5, 5.41) is 0. The van der Waals surface area contributed by atoms with Gasteiger partial charge in [0, 0.05) is 18.9 Å². The second kappa shape index (κ2) is 17.1. The number of carbonyl (C=O) groups excluding carboxylic acids is 1. The summed E-state index contributed by atoms with van der Waals surface area (Å²) in [6.45, 7) is 4.15. The lowest BCUT2D eigenvalue weighted by atomic mass is 10.0. The third kappa shape index (κ3) is 14.7. The Morgan fingerprint density at radius 2 is 1.37 bits per heavy atom. The number of hydrogen-bond acceptors (Lipinski definition) is 2. The van der Waals surface area contributed by atoms with Crippen molar-refractivity contribution in [2.24, 2.45) is 0 Å². The summed E-state index contributed by atoms with van der Waals surface area (Å²) in [6, 6.07) is 0. The summed E-state index contributed by atoms with van der Waals surface area (Å²) in [5.41, 5.74) is 0. The van der Waals surface area contributed by atoms with E-state index in [-0.39, 0.29) is 11.9 Å². The molecule has 0 bridgehead atoms. The average Bonchev–Trinajstić information content (AvgIpc) is 2.63. The molecule has 0 aromatic carbocycles. The van der Waals surface area contributed by atoms with E-state index in [0.29, 0.717) is 6.42 Å². The Labute approximate surface area is 168 Å². The average molecular weight is 377 g/mol. The maximum Gasteiger partial charge on any atom is 0.162 e. The Morgan fingerprint density at radius 1 is 0.852 bits per heavy atom. The lowest BCUT2D eigenvalue weighted by Crippen LogP contribution is -2.20. The van der Waals surface area contributed by atoms with Crippen molar-refractivity contribution in [3.8, 4) is 0 Å². The van der Waals surface area contributed by atoms with E-state index in [1.165, 1.54) is 89.9 Å². The summed E-state index contributed by atoms with van der Waals surface area (Å²) in [4.78, 5) is 11.5. The van der Waals surface area contributed by atoms with Crippen LogP contribution in [0.1, 0.15) is 123 Å². The molecular formula is C25H44O2. The van der Waals surface area contributed by atoms with Crippen LogP contribution in [0.25, 0.3) is 0 Å². The summed E-state index contributed by atoms with van der Waals surface area (Å²) < 4.78 is 5.67. The van der Waals surface area contributed by atoms with Gasteiger partial charge in [-0.25, -0.2) is 0 Å². The monoisotopic (exact) mass is 376 g/mol. The molecule has 2 heteroatoms. The molecule has 0 saturated carbocycles. The molecular weight excluding hydrogens is 332 g/mol. The minimum atomic E-state index is 0.0510. The molecule has 0 aromatic heterocycles. The highest BCUT2D eigenvalue weighted by atomic mass is 16.5. The number of hydrogen-bond donors (Lipinski definition) is 0. The van der Waals surface area contributed by atoms with Crippen LogP contribution in [0.3, 0.4) is 0 Å². The van der Waals surface area contributed by atoms with E-state index in [0.717, 1.165) is 18.6 Å². The Kier molecular flexibility index (Phi) is 15.2. The third-order valence-corrected chi connectivity index (χ3v) is 5.44. The highest BCUT2D eigenvalue weighted by Gasteiger charge is 2.18. The summed E-state index contributed by atoms with van der Waals surface area (Å²) >= 11 is 0. The van der Waals surface area contributed by atoms with Crippen molar-refractivity contribution in [2.45, 2.75) is 129 Å². The van der Waals surface area contributed by atoms with Gasteiger partial charge in [-0.1, -0.05) is 103 Å². The number of allylic oxidation sites excluding steroid dienone is 3. The summed E-state index contributed by atoms with van der Waals surface area (Å²) in [5.74, 6) is 0.959. The molecule has 0 amide bonds. The first-order chi connectivity index (χ1) is 13.2. The minimum absolute atomic E-state index is 0.0510. The molecule has 1 aliphatic heterocycles.